The first-order valence-electron chi connectivity index (χ1n) is 6.25. The number of hydrogen-bond acceptors (Lipinski definition) is 5. The van der Waals surface area contributed by atoms with E-state index in [-0.39, 0.29) is 5.56 Å². The minimum Gasteiger partial charge on any atom is -0.340 e. The summed E-state index contributed by atoms with van der Waals surface area (Å²) in [6.07, 6.45) is 0. The lowest BCUT2D eigenvalue weighted by Crippen LogP contribution is -2.46. The smallest absolute Gasteiger partial charge is 0.272 e. The molecule has 0 bridgehead atoms. The summed E-state index contributed by atoms with van der Waals surface area (Å²) < 4.78 is 2.54. The molecule has 0 unspecified atom stereocenters. The highest BCUT2D eigenvalue weighted by atomic mass is 32.1. The van der Waals surface area contributed by atoms with Crippen LogP contribution < -0.4 is 15.8 Å². The molecule has 1 aliphatic heterocycles. The van der Waals surface area contributed by atoms with Gasteiger partial charge >= 0.3 is 0 Å². The molecule has 1 fully saturated rings. The molecule has 2 aromatic heterocycles. The monoisotopic (exact) mass is 264 g/mol. The van der Waals surface area contributed by atoms with Crippen LogP contribution in [0.4, 0.5) is 5.95 Å². The van der Waals surface area contributed by atoms with Crippen LogP contribution in [0.25, 0.3) is 10.2 Å². The highest BCUT2D eigenvalue weighted by molar-refractivity contribution is 7.17. The van der Waals surface area contributed by atoms with Crippen molar-refractivity contribution < 1.29 is 0 Å². The first-order chi connectivity index (χ1) is 8.81. The highest BCUT2D eigenvalue weighted by Gasteiger charge is 2.18. The van der Waals surface area contributed by atoms with E-state index < -0.39 is 0 Å². The van der Waals surface area contributed by atoms with Crippen molar-refractivity contribution in [3.05, 3.63) is 21.8 Å². The Kier molecular flexibility index (Phi) is 3.05. The van der Waals surface area contributed by atoms with Crippen LogP contribution in [-0.2, 0) is 6.54 Å². The summed E-state index contributed by atoms with van der Waals surface area (Å²) in [6, 6.07) is 1.92. The summed E-state index contributed by atoms with van der Waals surface area (Å²) in [5.74, 6) is 0.815. The van der Waals surface area contributed by atoms with Gasteiger partial charge in [-0.2, -0.15) is 0 Å². The van der Waals surface area contributed by atoms with Crippen molar-refractivity contribution in [3.63, 3.8) is 0 Å². The molecular formula is C12H16N4OS. The average molecular weight is 264 g/mol. The number of nitrogens with zero attached hydrogens (tertiary/aromatic N) is 3. The SMILES string of the molecule is CCn1c(N2CCNCC2)nc2ccsc2c1=O. The third-order valence-corrected chi connectivity index (χ3v) is 4.15. The maximum Gasteiger partial charge on any atom is 0.272 e. The van der Waals surface area contributed by atoms with Gasteiger partial charge in [0.1, 0.15) is 4.70 Å². The van der Waals surface area contributed by atoms with Gasteiger partial charge in [-0.15, -0.1) is 11.3 Å². The third-order valence-electron chi connectivity index (χ3n) is 3.26. The van der Waals surface area contributed by atoms with Crippen molar-refractivity contribution in [2.75, 3.05) is 31.1 Å². The van der Waals surface area contributed by atoms with Gasteiger partial charge in [0.15, 0.2) is 0 Å². The van der Waals surface area contributed by atoms with Crippen molar-refractivity contribution in [1.29, 1.82) is 0 Å². The van der Waals surface area contributed by atoms with Gasteiger partial charge in [-0.25, -0.2) is 4.98 Å². The number of anilines is 1. The number of nitrogens with one attached hydrogen (secondary N) is 1. The molecule has 18 heavy (non-hydrogen) atoms. The summed E-state index contributed by atoms with van der Waals surface area (Å²) >= 11 is 1.47. The Morgan fingerprint density at radius 3 is 2.94 bits per heavy atom. The van der Waals surface area contributed by atoms with Crippen LogP contribution in [0.3, 0.4) is 0 Å². The Morgan fingerprint density at radius 1 is 1.44 bits per heavy atom. The molecule has 0 atom stereocenters. The number of aromatic nitrogens is 2. The van der Waals surface area contributed by atoms with Crippen molar-refractivity contribution in [2.45, 2.75) is 13.5 Å². The van der Waals surface area contributed by atoms with E-state index in [0.717, 1.165) is 42.3 Å². The highest BCUT2D eigenvalue weighted by Crippen LogP contribution is 2.19. The van der Waals surface area contributed by atoms with Crippen LogP contribution in [0, 0.1) is 0 Å². The molecule has 0 spiro atoms. The van der Waals surface area contributed by atoms with Gasteiger partial charge in [0.2, 0.25) is 5.95 Å². The fourth-order valence-electron chi connectivity index (χ4n) is 2.32. The minimum atomic E-state index is 0.0889. The zero-order chi connectivity index (χ0) is 12.5. The van der Waals surface area contributed by atoms with Gasteiger partial charge < -0.3 is 10.2 Å². The van der Waals surface area contributed by atoms with Crippen molar-refractivity contribution in [3.8, 4) is 0 Å². The average Bonchev–Trinajstić information content (AvgIpc) is 2.88. The number of hydrogen-bond donors (Lipinski definition) is 1. The quantitative estimate of drug-likeness (QED) is 0.875. The van der Waals surface area contributed by atoms with Crippen LogP contribution in [-0.4, -0.2) is 35.7 Å². The molecule has 3 rings (SSSR count). The first-order valence-corrected chi connectivity index (χ1v) is 7.13. The summed E-state index contributed by atoms with van der Waals surface area (Å²) in [7, 11) is 0. The molecule has 0 aliphatic carbocycles. The minimum absolute atomic E-state index is 0.0889. The fourth-order valence-corrected chi connectivity index (χ4v) is 3.10. The Labute approximate surface area is 109 Å². The largest absolute Gasteiger partial charge is 0.340 e. The molecule has 0 aromatic carbocycles. The normalized spacial score (nSPS) is 16.4. The maximum absolute atomic E-state index is 12.4. The molecule has 3 heterocycles. The van der Waals surface area contributed by atoms with Crippen molar-refractivity contribution >= 4 is 27.5 Å². The molecule has 2 aromatic rings. The second-order valence-electron chi connectivity index (χ2n) is 4.33. The van der Waals surface area contributed by atoms with Gasteiger partial charge in [0.05, 0.1) is 5.52 Å². The van der Waals surface area contributed by atoms with Crippen LogP contribution in [0.15, 0.2) is 16.2 Å². The lowest BCUT2D eigenvalue weighted by atomic mass is 10.3. The second kappa shape index (κ2) is 4.70. The molecule has 0 saturated carbocycles. The zero-order valence-electron chi connectivity index (χ0n) is 10.3. The van der Waals surface area contributed by atoms with Crippen LogP contribution in [0.2, 0.25) is 0 Å². The van der Waals surface area contributed by atoms with Gasteiger partial charge in [-0.1, -0.05) is 0 Å². The molecule has 5 nitrogen and oxygen atoms in total. The van der Waals surface area contributed by atoms with E-state index in [2.05, 4.69) is 15.2 Å². The number of thiophene rings is 1. The Bertz CT molecular complexity index is 612. The predicted molar refractivity (Wildman–Crippen MR) is 74.6 cm³/mol. The van der Waals surface area contributed by atoms with E-state index in [1.807, 2.05) is 18.4 Å². The Hall–Kier alpha value is -1.40. The number of piperazine rings is 1. The van der Waals surface area contributed by atoms with Crippen LogP contribution >= 0.6 is 11.3 Å². The van der Waals surface area contributed by atoms with Gasteiger partial charge in [-0.3, -0.25) is 9.36 Å². The van der Waals surface area contributed by atoms with Gasteiger partial charge in [0, 0.05) is 32.7 Å². The Morgan fingerprint density at radius 2 is 2.22 bits per heavy atom. The Balaban J connectivity index is 2.17. The molecule has 1 saturated heterocycles. The van der Waals surface area contributed by atoms with Crippen molar-refractivity contribution in [2.24, 2.45) is 0 Å². The summed E-state index contributed by atoms with van der Waals surface area (Å²) in [5.41, 5.74) is 0.911. The first kappa shape index (κ1) is 11.7. The van der Waals surface area contributed by atoms with E-state index >= 15 is 0 Å². The fraction of sp³-hybridized carbons (Fsp3) is 0.500. The molecule has 1 N–H and O–H groups in total. The number of rotatable bonds is 2. The van der Waals surface area contributed by atoms with E-state index in [4.69, 9.17) is 0 Å². The standard InChI is InChI=1S/C12H16N4OS/c1-2-16-11(17)10-9(3-8-18-10)14-12(16)15-6-4-13-5-7-15/h3,8,13H,2,4-7H2,1H3. The topological polar surface area (TPSA) is 50.2 Å². The summed E-state index contributed by atoms with van der Waals surface area (Å²) in [5, 5.41) is 5.25. The number of fused-ring (bicyclic) bond motifs is 1. The van der Waals surface area contributed by atoms with E-state index in [0.29, 0.717) is 6.54 Å². The van der Waals surface area contributed by atoms with E-state index in [1.165, 1.54) is 11.3 Å². The predicted octanol–water partition coefficient (Wildman–Crippen LogP) is 0.887. The molecule has 6 heteroatoms. The lowest BCUT2D eigenvalue weighted by molar-refractivity contribution is 0.561. The molecule has 0 radical (unpaired) electrons. The van der Waals surface area contributed by atoms with E-state index in [1.54, 1.807) is 4.57 Å². The maximum atomic E-state index is 12.4. The summed E-state index contributed by atoms with van der Waals surface area (Å²) in [6.45, 7) is 6.36. The van der Waals surface area contributed by atoms with E-state index in [9.17, 15) is 4.79 Å². The molecule has 96 valence electrons. The summed E-state index contributed by atoms with van der Waals surface area (Å²) in [4.78, 5) is 19.2. The lowest BCUT2D eigenvalue weighted by Gasteiger charge is -2.29. The van der Waals surface area contributed by atoms with Crippen LogP contribution in [0.1, 0.15) is 6.92 Å². The molecule has 0 amide bonds. The third kappa shape index (κ3) is 1.81. The van der Waals surface area contributed by atoms with Gasteiger partial charge in [0.25, 0.3) is 5.56 Å². The van der Waals surface area contributed by atoms with Crippen molar-refractivity contribution in [1.82, 2.24) is 14.9 Å². The zero-order valence-corrected chi connectivity index (χ0v) is 11.2. The van der Waals surface area contributed by atoms with Gasteiger partial charge in [-0.05, 0) is 18.4 Å². The second-order valence-corrected chi connectivity index (χ2v) is 5.25. The molecular weight excluding hydrogens is 248 g/mol. The van der Waals surface area contributed by atoms with Crippen LogP contribution in [0.5, 0.6) is 0 Å². The molecule has 1 aliphatic rings.